The van der Waals surface area contributed by atoms with Crippen LogP contribution in [-0.4, -0.2) is 39.7 Å². The van der Waals surface area contributed by atoms with Gasteiger partial charge in [0.15, 0.2) is 0 Å². The standard InChI is InChI=1S/C32H30ClFN4O3/c1-17(2)14-26(30(39)35-16-22-23(33)11-7-12-24(22)34)37-31(40)27-15-21-18-8-5-6-13-25(18)36-28(21)29-19-9-3-4-10-20(19)32(41)38(27)29/h3-13,17,26-27,29,36H,14-16H2,1-2H3,(H,35,39)(H,37,40)/t26-,27-,29-/m0/s1. The van der Waals surface area contributed by atoms with E-state index in [1.165, 1.54) is 12.1 Å². The molecule has 3 atom stereocenters. The van der Waals surface area contributed by atoms with E-state index in [4.69, 9.17) is 11.6 Å². The summed E-state index contributed by atoms with van der Waals surface area (Å²) in [6.07, 6.45) is 0.674. The Labute approximate surface area is 242 Å². The van der Waals surface area contributed by atoms with Gasteiger partial charge in [0, 0.05) is 45.7 Å². The SMILES string of the molecule is CC(C)C[C@H](NC(=O)[C@@H]1Cc2c([nH]c3ccccc23)[C@@H]2c3ccccc3C(=O)N21)C(=O)NCc1c(F)cccc1Cl. The molecule has 0 saturated heterocycles. The van der Waals surface area contributed by atoms with Gasteiger partial charge in [-0.2, -0.15) is 0 Å². The summed E-state index contributed by atoms with van der Waals surface area (Å²) in [5.41, 5.74) is 4.44. The number of H-pyrrole nitrogens is 1. The summed E-state index contributed by atoms with van der Waals surface area (Å²) >= 11 is 6.14. The third-order valence-electron chi connectivity index (χ3n) is 8.00. The maximum atomic E-state index is 14.3. The van der Waals surface area contributed by atoms with E-state index in [1.54, 1.807) is 17.0 Å². The van der Waals surface area contributed by atoms with E-state index in [0.29, 0.717) is 18.4 Å². The number of amides is 3. The summed E-state index contributed by atoms with van der Waals surface area (Å²) in [4.78, 5) is 46.2. The highest BCUT2D eigenvalue weighted by Crippen LogP contribution is 2.46. The molecule has 6 rings (SSSR count). The topological polar surface area (TPSA) is 94.3 Å². The normalized spacial score (nSPS) is 18.2. The Bertz CT molecular complexity index is 1660. The maximum Gasteiger partial charge on any atom is 0.255 e. The highest BCUT2D eigenvalue weighted by molar-refractivity contribution is 6.31. The summed E-state index contributed by atoms with van der Waals surface area (Å²) in [5, 5.41) is 6.89. The molecule has 0 fully saturated rings. The van der Waals surface area contributed by atoms with Crippen LogP contribution in [0.2, 0.25) is 5.02 Å². The minimum atomic E-state index is -0.879. The highest BCUT2D eigenvalue weighted by Gasteiger charge is 2.49. The monoisotopic (exact) mass is 572 g/mol. The number of rotatable bonds is 7. The van der Waals surface area contributed by atoms with Crippen LogP contribution in [0.25, 0.3) is 10.9 Å². The maximum absolute atomic E-state index is 14.3. The van der Waals surface area contributed by atoms with Gasteiger partial charge < -0.3 is 20.5 Å². The van der Waals surface area contributed by atoms with Crippen LogP contribution in [0.3, 0.4) is 0 Å². The fourth-order valence-electron chi connectivity index (χ4n) is 6.11. The van der Waals surface area contributed by atoms with Gasteiger partial charge in [-0.25, -0.2) is 4.39 Å². The van der Waals surface area contributed by atoms with Gasteiger partial charge in [0.2, 0.25) is 11.8 Å². The van der Waals surface area contributed by atoms with E-state index in [9.17, 15) is 18.8 Å². The van der Waals surface area contributed by atoms with Gasteiger partial charge >= 0.3 is 0 Å². The average molecular weight is 573 g/mol. The van der Waals surface area contributed by atoms with Crippen molar-refractivity contribution >= 4 is 40.2 Å². The van der Waals surface area contributed by atoms with Crippen LogP contribution in [-0.2, 0) is 22.6 Å². The van der Waals surface area contributed by atoms with Crippen LogP contribution in [0.4, 0.5) is 4.39 Å². The number of para-hydroxylation sites is 1. The largest absolute Gasteiger partial charge is 0.356 e. The average Bonchev–Trinajstić information content (AvgIpc) is 3.47. The number of hydrogen-bond acceptors (Lipinski definition) is 3. The predicted octanol–water partition coefficient (Wildman–Crippen LogP) is 5.28. The van der Waals surface area contributed by atoms with Crippen molar-refractivity contribution < 1.29 is 18.8 Å². The number of carbonyl (C=O) groups is 3. The lowest BCUT2D eigenvalue weighted by Gasteiger charge is -2.37. The predicted molar refractivity (Wildman–Crippen MR) is 155 cm³/mol. The van der Waals surface area contributed by atoms with E-state index in [2.05, 4.69) is 15.6 Å². The van der Waals surface area contributed by atoms with Crippen molar-refractivity contribution in [1.82, 2.24) is 20.5 Å². The zero-order valence-electron chi connectivity index (χ0n) is 22.7. The molecule has 3 amide bonds. The highest BCUT2D eigenvalue weighted by atomic mass is 35.5. The Morgan fingerprint density at radius 1 is 1.07 bits per heavy atom. The molecule has 3 heterocycles. The molecular weight excluding hydrogens is 543 g/mol. The molecule has 0 spiro atoms. The second-order valence-corrected chi connectivity index (χ2v) is 11.5. The first kappa shape index (κ1) is 27.0. The summed E-state index contributed by atoms with van der Waals surface area (Å²) in [5.74, 6) is -1.49. The van der Waals surface area contributed by atoms with Gasteiger partial charge in [-0.3, -0.25) is 14.4 Å². The Balaban J connectivity index is 1.30. The molecule has 0 unspecified atom stereocenters. The Kier molecular flexibility index (Phi) is 7.03. The molecule has 3 aromatic carbocycles. The van der Waals surface area contributed by atoms with Crippen LogP contribution >= 0.6 is 11.6 Å². The number of nitrogens with one attached hydrogen (secondary N) is 3. The molecule has 4 aromatic rings. The van der Waals surface area contributed by atoms with Gasteiger partial charge in [-0.05, 0) is 47.7 Å². The van der Waals surface area contributed by atoms with E-state index in [-0.39, 0.29) is 29.0 Å². The molecule has 9 heteroatoms. The number of aromatic amines is 1. The lowest BCUT2D eigenvalue weighted by atomic mass is 9.89. The molecule has 210 valence electrons. The smallest absolute Gasteiger partial charge is 0.255 e. The first-order valence-electron chi connectivity index (χ1n) is 13.8. The van der Waals surface area contributed by atoms with Crippen molar-refractivity contribution in [2.24, 2.45) is 5.92 Å². The lowest BCUT2D eigenvalue weighted by Crippen LogP contribution is -2.56. The van der Waals surface area contributed by atoms with E-state index in [0.717, 1.165) is 27.7 Å². The first-order chi connectivity index (χ1) is 19.7. The van der Waals surface area contributed by atoms with Crippen LogP contribution in [0.5, 0.6) is 0 Å². The summed E-state index contributed by atoms with van der Waals surface area (Å²) in [6, 6.07) is 17.5. The lowest BCUT2D eigenvalue weighted by molar-refractivity contribution is -0.132. The van der Waals surface area contributed by atoms with Crippen molar-refractivity contribution in [3.8, 4) is 0 Å². The van der Waals surface area contributed by atoms with Gasteiger partial charge in [-0.1, -0.05) is 67.9 Å². The first-order valence-corrected chi connectivity index (χ1v) is 14.1. The zero-order valence-corrected chi connectivity index (χ0v) is 23.5. The molecular formula is C32H30ClFN4O3. The fourth-order valence-corrected chi connectivity index (χ4v) is 6.34. The second kappa shape index (κ2) is 10.7. The minimum absolute atomic E-state index is 0.0834. The van der Waals surface area contributed by atoms with Crippen molar-refractivity contribution in [2.75, 3.05) is 0 Å². The van der Waals surface area contributed by atoms with Crippen molar-refractivity contribution in [1.29, 1.82) is 0 Å². The number of carbonyl (C=O) groups excluding carboxylic acids is 3. The number of nitrogens with zero attached hydrogens (tertiary/aromatic N) is 1. The van der Waals surface area contributed by atoms with Crippen LogP contribution in [0.15, 0.2) is 66.7 Å². The van der Waals surface area contributed by atoms with E-state index < -0.39 is 35.8 Å². The van der Waals surface area contributed by atoms with Crippen LogP contribution in [0, 0.1) is 11.7 Å². The molecule has 3 N–H and O–H groups in total. The van der Waals surface area contributed by atoms with Gasteiger partial charge in [0.05, 0.1) is 6.04 Å². The molecule has 1 aromatic heterocycles. The van der Waals surface area contributed by atoms with Crippen molar-refractivity contribution in [3.05, 3.63) is 106 Å². The Morgan fingerprint density at radius 3 is 2.61 bits per heavy atom. The Morgan fingerprint density at radius 2 is 1.83 bits per heavy atom. The third-order valence-corrected chi connectivity index (χ3v) is 8.35. The van der Waals surface area contributed by atoms with Crippen LogP contribution in [0.1, 0.15) is 59.1 Å². The molecule has 0 aliphatic carbocycles. The quantitative estimate of drug-likeness (QED) is 0.281. The number of aromatic nitrogens is 1. The summed E-state index contributed by atoms with van der Waals surface area (Å²) in [7, 11) is 0. The molecule has 41 heavy (non-hydrogen) atoms. The zero-order chi connectivity index (χ0) is 28.8. The number of halogens is 2. The molecule has 0 saturated carbocycles. The van der Waals surface area contributed by atoms with Gasteiger partial charge in [-0.15, -0.1) is 0 Å². The molecule has 7 nitrogen and oxygen atoms in total. The number of fused-ring (bicyclic) bond motifs is 7. The van der Waals surface area contributed by atoms with Crippen molar-refractivity contribution in [3.63, 3.8) is 0 Å². The van der Waals surface area contributed by atoms with E-state index >= 15 is 0 Å². The van der Waals surface area contributed by atoms with Crippen molar-refractivity contribution in [2.45, 2.75) is 51.4 Å². The van der Waals surface area contributed by atoms with Crippen LogP contribution < -0.4 is 10.6 Å². The van der Waals surface area contributed by atoms with E-state index in [1.807, 2.05) is 56.3 Å². The molecule has 0 bridgehead atoms. The molecule has 0 radical (unpaired) electrons. The third kappa shape index (κ3) is 4.76. The van der Waals surface area contributed by atoms with Gasteiger partial charge in [0.25, 0.3) is 5.91 Å². The number of hydrogen-bond donors (Lipinski definition) is 3. The second-order valence-electron chi connectivity index (χ2n) is 11.1. The molecule has 2 aliphatic heterocycles. The molecule has 2 aliphatic rings. The minimum Gasteiger partial charge on any atom is -0.356 e. The summed E-state index contributed by atoms with van der Waals surface area (Å²) in [6.45, 7) is 3.80. The fraction of sp³-hybridized carbons (Fsp3) is 0.281. The number of benzene rings is 3. The Hall–Kier alpha value is -4.17. The summed E-state index contributed by atoms with van der Waals surface area (Å²) < 4.78 is 14.3. The van der Waals surface area contributed by atoms with Gasteiger partial charge in [0.1, 0.15) is 17.9 Å².